The molecular formula is C16H14Cl2N2O3. The van der Waals surface area contributed by atoms with Crippen LogP contribution in [0.15, 0.2) is 36.4 Å². The number of benzene rings is 2. The Kier molecular flexibility index (Phi) is 5.47. The van der Waals surface area contributed by atoms with E-state index in [2.05, 4.69) is 5.32 Å². The number of nitrogens with two attached hydrogens (primary N) is 1. The Morgan fingerprint density at radius 1 is 1.22 bits per heavy atom. The lowest BCUT2D eigenvalue weighted by atomic mass is 10.1. The predicted molar refractivity (Wildman–Crippen MR) is 91.0 cm³/mol. The molecule has 0 radical (unpaired) electrons. The molecule has 0 heterocycles. The molecule has 0 aliphatic heterocycles. The molecule has 0 saturated heterocycles. The summed E-state index contributed by atoms with van der Waals surface area (Å²) >= 11 is 11.7. The fourth-order valence-corrected chi connectivity index (χ4v) is 2.30. The van der Waals surface area contributed by atoms with Crippen molar-refractivity contribution in [3.63, 3.8) is 0 Å². The van der Waals surface area contributed by atoms with E-state index in [0.717, 1.165) is 5.56 Å². The summed E-state index contributed by atoms with van der Waals surface area (Å²) in [5, 5.41) is 3.28. The number of carbonyl (C=O) groups is 2. The number of hydrogen-bond donors (Lipinski definition) is 2. The lowest BCUT2D eigenvalue weighted by Gasteiger charge is -2.10. The third-order valence-electron chi connectivity index (χ3n) is 3.08. The summed E-state index contributed by atoms with van der Waals surface area (Å²) in [5.41, 5.74) is 7.52. The summed E-state index contributed by atoms with van der Waals surface area (Å²) in [7, 11) is 0. The number of para-hydroxylation sites is 1. The van der Waals surface area contributed by atoms with Gasteiger partial charge in [0.2, 0.25) is 0 Å². The van der Waals surface area contributed by atoms with E-state index in [4.69, 9.17) is 33.7 Å². The van der Waals surface area contributed by atoms with E-state index >= 15 is 0 Å². The van der Waals surface area contributed by atoms with Crippen molar-refractivity contribution in [3.05, 3.63) is 57.6 Å². The Balaban J connectivity index is 1.96. The van der Waals surface area contributed by atoms with Gasteiger partial charge in [-0.15, -0.1) is 0 Å². The van der Waals surface area contributed by atoms with Gasteiger partial charge >= 0.3 is 5.97 Å². The predicted octanol–water partition coefficient (Wildman–Crippen LogP) is 3.68. The Morgan fingerprint density at radius 2 is 1.96 bits per heavy atom. The van der Waals surface area contributed by atoms with Crippen LogP contribution in [0.2, 0.25) is 10.0 Å². The first kappa shape index (κ1) is 17.1. The maximum absolute atomic E-state index is 12.0. The van der Waals surface area contributed by atoms with Gasteiger partial charge in [0, 0.05) is 10.7 Å². The van der Waals surface area contributed by atoms with Crippen molar-refractivity contribution in [1.29, 1.82) is 0 Å². The molecule has 0 aliphatic rings. The lowest BCUT2D eigenvalue weighted by molar-refractivity contribution is -0.119. The van der Waals surface area contributed by atoms with Crippen molar-refractivity contribution in [2.45, 2.75) is 6.92 Å². The van der Waals surface area contributed by atoms with Crippen LogP contribution >= 0.6 is 23.2 Å². The maximum Gasteiger partial charge on any atom is 0.340 e. The zero-order chi connectivity index (χ0) is 17.0. The monoisotopic (exact) mass is 352 g/mol. The summed E-state index contributed by atoms with van der Waals surface area (Å²) in [6.07, 6.45) is 0. The number of nitrogens with one attached hydrogen (secondary N) is 1. The van der Waals surface area contributed by atoms with Crippen LogP contribution in [-0.4, -0.2) is 18.5 Å². The highest BCUT2D eigenvalue weighted by molar-refractivity contribution is 6.36. The molecule has 0 aromatic heterocycles. The van der Waals surface area contributed by atoms with Gasteiger partial charge in [-0.3, -0.25) is 4.79 Å². The largest absolute Gasteiger partial charge is 0.452 e. The molecule has 0 saturated carbocycles. The summed E-state index contributed by atoms with van der Waals surface area (Å²) in [5.74, 6) is -1.18. The van der Waals surface area contributed by atoms with Gasteiger partial charge in [-0.1, -0.05) is 35.3 Å². The molecule has 2 aromatic rings. The van der Waals surface area contributed by atoms with E-state index in [0.29, 0.717) is 21.4 Å². The molecule has 3 N–H and O–H groups in total. The van der Waals surface area contributed by atoms with Crippen molar-refractivity contribution in [2.75, 3.05) is 17.7 Å². The second-order valence-corrected chi connectivity index (χ2v) is 5.63. The molecule has 1 amide bonds. The molecule has 120 valence electrons. The third kappa shape index (κ3) is 4.37. The number of hydrogen-bond acceptors (Lipinski definition) is 4. The van der Waals surface area contributed by atoms with E-state index in [-0.39, 0.29) is 5.56 Å². The zero-order valence-corrected chi connectivity index (χ0v) is 13.7. The minimum absolute atomic E-state index is 0.224. The number of halogens is 2. The van der Waals surface area contributed by atoms with Crippen LogP contribution in [0, 0.1) is 6.92 Å². The summed E-state index contributed by atoms with van der Waals surface area (Å²) < 4.78 is 4.96. The highest BCUT2D eigenvalue weighted by Crippen LogP contribution is 2.25. The van der Waals surface area contributed by atoms with Crippen molar-refractivity contribution in [1.82, 2.24) is 0 Å². The van der Waals surface area contributed by atoms with Crippen LogP contribution in [-0.2, 0) is 9.53 Å². The number of aryl methyl sites for hydroxylation is 1. The molecule has 23 heavy (non-hydrogen) atoms. The van der Waals surface area contributed by atoms with Crippen molar-refractivity contribution in [2.24, 2.45) is 0 Å². The molecular weight excluding hydrogens is 339 g/mol. The van der Waals surface area contributed by atoms with E-state index < -0.39 is 18.5 Å². The normalized spacial score (nSPS) is 10.2. The molecule has 7 heteroatoms. The molecule has 2 rings (SSSR count). The molecule has 0 spiro atoms. The van der Waals surface area contributed by atoms with Crippen LogP contribution < -0.4 is 11.1 Å². The summed E-state index contributed by atoms with van der Waals surface area (Å²) in [6, 6.07) is 9.65. The average molecular weight is 353 g/mol. The van der Waals surface area contributed by atoms with E-state index in [1.807, 2.05) is 0 Å². The van der Waals surface area contributed by atoms with Gasteiger partial charge in [-0.25, -0.2) is 4.79 Å². The van der Waals surface area contributed by atoms with Gasteiger partial charge in [0.25, 0.3) is 5.91 Å². The topological polar surface area (TPSA) is 81.4 Å². The number of amides is 1. The van der Waals surface area contributed by atoms with Crippen LogP contribution in [0.1, 0.15) is 15.9 Å². The van der Waals surface area contributed by atoms with E-state index in [1.54, 1.807) is 37.3 Å². The second kappa shape index (κ2) is 7.35. The van der Waals surface area contributed by atoms with Gasteiger partial charge in [0.05, 0.1) is 16.3 Å². The van der Waals surface area contributed by atoms with Crippen molar-refractivity contribution in [3.8, 4) is 0 Å². The van der Waals surface area contributed by atoms with Crippen molar-refractivity contribution >= 4 is 46.5 Å². The Labute approximate surface area is 143 Å². The minimum Gasteiger partial charge on any atom is -0.452 e. The fourth-order valence-electron chi connectivity index (χ4n) is 1.84. The Bertz CT molecular complexity index is 763. The van der Waals surface area contributed by atoms with Crippen LogP contribution in [0.5, 0.6) is 0 Å². The Hall–Kier alpha value is -2.24. The molecule has 0 bridgehead atoms. The van der Waals surface area contributed by atoms with Gasteiger partial charge in [0.15, 0.2) is 6.61 Å². The Morgan fingerprint density at radius 3 is 2.65 bits per heavy atom. The first-order chi connectivity index (χ1) is 10.9. The standard InChI is InChI=1S/C16H14Cl2N2O3/c1-9-3-2-4-11(15(9)19)16(22)23-8-14(21)20-13-6-5-10(17)7-12(13)18/h2-7H,8,19H2,1H3,(H,20,21). The van der Waals surface area contributed by atoms with Crippen molar-refractivity contribution < 1.29 is 14.3 Å². The van der Waals surface area contributed by atoms with Crippen LogP contribution in [0.25, 0.3) is 0 Å². The number of esters is 1. The number of anilines is 2. The molecule has 0 aliphatic carbocycles. The van der Waals surface area contributed by atoms with Gasteiger partial charge in [0.1, 0.15) is 0 Å². The highest BCUT2D eigenvalue weighted by atomic mass is 35.5. The SMILES string of the molecule is Cc1cccc(C(=O)OCC(=O)Nc2ccc(Cl)cc2Cl)c1N. The van der Waals surface area contributed by atoms with Gasteiger partial charge in [-0.05, 0) is 36.8 Å². The van der Waals surface area contributed by atoms with Gasteiger partial charge in [-0.2, -0.15) is 0 Å². The number of carbonyl (C=O) groups excluding carboxylic acids is 2. The van der Waals surface area contributed by atoms with E-state index in [9.17, 15) is 9.59 Å². The second-order valence-electron chi connectivity index (χ2n) is 4.78. The zero-order valence-electron chi connectivity index (χ0n) is 12.2. The summed E-state index contributed by atoms with van der Waals surface area (Å²) in [6.45, 7) is 1.33. The number of nitrogen functional groups attached to an aromatic ring is 1. The first-order valence-corrected chi connectivity index (χ1v) is 7.41. The molecule has 0 atom stereocenters. The smallest absolute Gasteiger partial charge is 0.340 e. The third-order valence-corrected chi connectivity index (χ3v) is 3.63. The van der Waals surface area contributed by atoms with E-state index in [1.165, 1.54) is 6.07 Å². The maximum atomic E-state index is 12.0. The lowest BCUT2D eigenvalue weighted by Crippen LogP contribution is -2.21. The number of rotatable bonds is 4. The van der Waals surface area contributed by atoms with Crippen LogP contribution in [0.4, 0.5) is 11.4 Å². The first-order valence-electron chi connectivity index (χ1n) is 6.65. The summed E-state index contributed by atoms with van der Waals surface area (Å²) in [4.78, 5) is 23.8. The minimum atomic E-state index is -0.663. The highest BCUT2D eigenvalue weighted by Gasteiger charge is 2.14. The average Bonchev–Trinajstić information content (AvgIpc) is 2.50. The quantitative estimate of drug-likeness (QED) is 0.649. The van der Waals surface area contributed by atoms with Gasteiger partial charge < -0.3 is 15.8 Å². The molecule has 5 nitrogen and oxygen atoms in total. The number of ether oxygens (including phenoxy) is 1. The molecule has 2 aromatic carbocycles. The molecule has 0 unspecified atom stereocenters. The van der Waals surface area contributed by atoms with Crippen LogP contribution in [0.3, 0.4) is 0 Å². The molecule has 0 fully saturated rings. The fraction of sp³-hybridized carbons (Fsp3) is 0.125.